The van der Waals surface area contributed by atoms with E-state index in [2.05, 4.69) is 28.9 Å². The molecule has 20 heavy (non-hydrogen) atoms. The normalized spacial score (nSPS) is 19.2. The molecule has 1 aromatic carbocycles. The van der Waals surface area contributed by atoms with Crippen molar-refractivity contribution in [2.24, 2.45) is 0 Å². The number of carbonyl (C=O) groups excluding carboxylic acids is 1. The predicted molar refractivity (Wildman–Crippen MR) is 84.2 cm³/mol. The van der Waals surface area contributed by atoms with Crippen LogP contribution in [0.2, 0.25) is 0 Å². The number of hydrogen-bond donors (Lipinski definition) is 3. The number of carbonyl (C=O) groups is 1. The Balaban J connectivity index is 2.07. The second kappa shape index (κ2) is 7.29. The van der Waals surface area contributed by atoms with Crippen molar-refractivity contribution < 1.29 is 4.79 Å². The third-order valence-corrected chi connectivity index (χ3v) is 3.86. The van der Waals surface area contributed by atoms with Gasteiger partial charge in [0.25, 0.3) is 0 Å². The molecule has 1 heterocycles. The van der Waals surface area contributed by atoms with Gasteiger partial charge in [0.2, 0.25) is 5.91 Å². The van der Waals surface area contributed by atoms with Crippen LogP contribution in [0.25, 0.3) is 0 Å². The van der Waals surface area contributed by atoms with Gasteiger partial charge in [0, 0.05) is 23.8 Å². The van der Waals surface area contributed by atoms with Crippen LogP contribution in [0.3, 0.4) is 0 Å². The van der Waals surface area contributed by atoms with E-state index in [9.17, 15) is 4.79 Å². The Kier molecular flexibility index (Phi) is 5.41. The number of anilines is 2. The first-order valence-electron chi connectivity index (χ1n) is 7.57. The Morgan fingerprint density at radius 1 is 1.30 bits per heavy atom. The van der Waals surface area contributed by atoms with E-state index in [4.69, 9.17) is 0 Å². The van der Waals surface area contributed by atoms with Crippen molar-refractivity contribution in [1.29, 1.82) is 0 Å². The second-order valence-corrected chi connectivity index (χ2v) is 5.40. The van der Waals surface area contributed by atoms with Crippen LogP contribution in [0, 0.1) is 6.92 Å². The maximum absolute atomic E-state index is 11.5. The highest BCUT2D eigenvalue weighted by Gasteiger charge is 2.13. The van der Waals surface area contributed by atoms with Gasteiger partial charge in [-0.3, -0.25) is 4.79 Å². The van der Waals surface area contributed by atoms with Gasteiger partial charge in [-0.05, 0) is 57.0 Å². The molecule has 0 bridgehead atoms. The molecule has 0 aromatic heterocycles. The standard InChI is InChI=1S/C16H25N3O/c1-3-16(20)19-15-8-4-7-14(12(15)2)18-13-6-5-10-17-11-9-13/h4,7-8,13,17-18H,3,5-6,9-11H2,1-2H3,(H,19,20). The van der Waals surface area contributed by atoms with Crippen molar-refractivity contribution in [3.8, 4) is 0 Å². The van der Waals surface area contributed by atoms with E-state index in [0.29, 0.717) is 12.5 Å². The van der Waals surface area contributed by atoms with Crippen LogP contribution in [0.4, 0.5) is 11.4 Å². The topological polar surface area (TPSA) is 53.2 Å². The van der Waals surface area contributed by atoms with Crippen LogP contribution in [-0.4, -0.2) is 25.0 Å². The highest BCUT2D eigenvalue weighted by molar-refractivity contribution is 5.92. The van der Waals surface area contributed by atoms with E-state index < -0.39 is 0 Å². The smallest absolute Gasteiger partial charge is 0.224 e. The quantitative estimate of drug-likeness (QED) is 0.792. The minimum Gasteiger partial charge on any atom is -0.382 e. The Labute approximate surface area is 121 Å². The Bertz CT molecular complexity index is 451. The van der Waals surface area contributed by atoms with Crippen molar-refractivity contribution in [3.63, 3.8) is 0 Å². The van der Waals surface area contributed by atoms with Gasteiger partial charge < -0.3 is 16.0 Å². The van der Waals surface area contributed by atoms with E-state index >= 15 is 0 Å². The van der Waals surface area contributed by atoms with Gasteiger partial charge in [-0.15, -0.1) is 0 Å². The summed E-state index contributed by atoms with van der Waals surface area (Å²) in [5.74, 6) is 0.0592. The van der Waals surface area contributed by atoms with Crippen LogP contribution in [0.15, 0.2) is 18.2 Å². The highest BCUT2D eigenvalue weighted by atomic mass is 16.1. The van der Waals surface area contributed by atoms with Crippen molar-refractivity contribution in [2.45, 2.75) is 45.6 Å². The van der Waals surface area contributed by atoms with E-state index in [1.807, 2.05) is 19.1 Å². The number of benzene rings is 1. The van der Waals surface area contributed by atoms with Crippen LogP contribution < -0.4 is 16.0 Å². The summed E-state index contributed by atoms with van der Waals surface area (Å²) in [5, 5.41) is 10.0. The summed E-state index contributed by atoms with van der Waals surface area (Å²) in [7, 11) is 0. The van der Waals surface area contributed by atoms with Gasteiger partial charge in [-0.2, -0.15) is 0 Å². The molecule has 110 valence electrons. The minimum atomic E-state index is 0.0592. The van der Waals surface area contributed by atoms with Gasteiger partial charge in [0.05, 0.1) is 0 Å². The van der Waals surface area contributed by atoms with Gasteiger partial charge in [-0.1, -0.05) is 13.0 Å². The molecule has 1 unspecified atom stereocenters. The van der Waals surface area contributed by atoms with E-state index in [0.717, 1.165) is 36.4 Å². The zero-order valence-corrected chi connectivity index (χ0v) is 12.5. The summed E-state index contributed by atoms with van der Waals surface area (Å²) in [6.07, 6.45) is 4.05. The van der Waals surface area contributed by atoms with Gasteiger partial charge in [0.15, 0.2) is 0 Å². The van der Waals surface area contributed by atoms with Crippen molar-refractivity contribution in [2.75, 3.05) is 23.7 Å². The minimum absolute atomic E-state index is 0.0592. The fraction of sp³-hybridized carbons (Fsp3) is 0.562. The summed E-state index contributed by atoms with van der Waals surface area (Å²) < 4.78 is 0. The molecular weight excluding hydrogens is 250 g/mol. The average molecular weight is 275 g/mol. The molecule has 1 aromatic rings. The first-order chi connectivity index (χ1) is 9.70. The van der Waals surface area contributed by atoms with E-state index in [1.54, 1.807) is 0 Å². The highest BCUT2D eigenvalue weighted by Crippen LogP contribution is 2.25. The number of rotatable bonds is 4. The molecular formula is C16H25N3O. The summed E-state index contributed by atoms with van der Waals surface area (Å²) in [4.78, 5) is 11.5. The average Bonchev–Trinajstić information content (AvgIpc) is 2.71. The van der Waals surface area contributed by atoms with Crippen molar-refractivity contribution >= 4 is 17.3 Å². The molecule has 1 aliphatic rings. The number of amides is 1. The van der Waals surface area contributed by atoms with Crippen LogP contribution in [0.5, 0.6) is 0 Å². The molecule has 3 N–H and O–H groups in total. The number of hydrogen-bond acceptors (Lipinski definition) is 3. The molecule has 1 amide bonds. The molecule has 0 saturated carbocycles. The molecule has 4 heteroatoms. The third kappa shape index (κ3) is 3.97. The molecule has 1 saturated heterocycles. The molecule has 2 rings (SSSR count). The van der Waals surface area contributed by atoms with E-state index in [1.165, 1.54) is 12.8 Å². The summed E-state index contributed by atoms with van der Waals surface area (Å²) in [6.45, 7) is 6.11. The Hall–Kier alpha value is -1.55. The molecule has 1 aliphatic heterocycles. The lowest BCUT2D eigenvalue weighted by molar-refractivity contribution is -0.115. The third-order valence-electron chi connectivity index (χ3n) is 3.86. The van der Waals surface area contributed by atoms with Crippen LogP contribution in [-0.2, 0) is 4.79 Å². The van der Waals surface area contributed by atoms with Gasteiger partial charge in [-0.25, -0.2) is 0 Å². The maximum Gasteiger partial charge on any atom is 0.224 e. The number of nitrogens with one attached hydrogen (secondary N) is 3. The molecule has 0 spiro atoms. The Morgan fingerprint density at radius 3 is 2.90 bits per heavy atom. The monoisotopic (exact) mass is 275 g/mol. The molecule has 1 atom stereocenters. The second-order valence-electron chi connectivity index (χ2n) is 5.40. The van der Waals surface area contributed by atoms with Crippen LogP contribution >= 0.6 is 0 Å². The largest absolute Gasteiger partial charge is 0.382 e. The summed E-state index contributed by atoms with van der Waals surface area (Å²) in [5.41, 5.74) is 3.16. The molecule has 0 radical (unpaired) electrons. The zero-order chi connectivity index (χ0) is 14.4. The zero-order valence-electron chi connectivity index (χ0n) is 12.5. The van der Waals surface area contributed by atoms with Crippen LogP contribution in [0.1, 0.15) is 38.2 Å². The SMILES string of the molecule is CCC(=O)Nc1cccc(NC2CCCNCC2)c1C. The lowest BCUT2D eigenvalue weighted by Crippen LogP contribution is -2.22. The first-order valence-corrected chi connectivity index (χ1v) is 7.57. The van der Waals surface area contributed by atoms with Crippen molar-refractivity contribution in [1.82, 2.24) is 5.32 Å². The molecule has 4 nitrogen and oxygen atoms in total. The fourth-order valence-electron chi connectivity index (χ4n) is 2.55. The lowest BCUT2D eigenvalue weighted by Gasteiger charge is -2.20. The predicted octanol–water partition coefficient (Wildman–Crippen LogP) is 2.90. The lowest BCUT2D eigenvalue weighted by atomic mass is 10.1. The van der Waals surface area contributed by atoms with Crippen molar-refractivity contribution in [3.05, 3.63) is 23.8 Å². The van der Waals surface area contributed by atoms with Gasteiger partial charge >= 0.3 is 0 Å². The fourth-order valence-corrected chi connectivity index (χ4v) is 2.55. The Morgan fingerprint density at radius 2 is 2.10 bits per heavy atom. The maximum atomic E-state index is 11.5. The van der Waals surface area contributed by atoms with E-state index in [-0.39, 0.29) is 5.91 Å². The molecule has 1 fully saturated rings. The molecule has 0 aliphatic carbocycles. The van der Waals surface area contributed by atoms with Gasteiger partial charge in [0.1, 0.15) is 0 Å². The first kappa shape index (κ1) is 14.9. The summed E-state index contributed by atoms with van der Waals surface area (Å²) >= 11 is 0. The summed E-state index contributed by atoms with van der Waals surface area (Å²) in [6, 6.07) is 6.56.